The van der Waals surface area contributed by atoms with E-state index in [9.17, 15) is 4.79 Å². The summed E-state index contributed by atoms with van der Waals surface area (Å²) in [5, 5.41) is 13.9. The van der Waals surface area contributed by atoms with E-state index in [1.54, 1.807) is 10.9 Å². The SMILES string of the molecule is Cn1cc(Nc2ncnc(-c3ccc4c(c3)CNCC[C@H]4NC(=O)c3coc(C(C)(C)C)n3)n2)cn1. The fourth-order valence-corrected chi connectivity index (χ4v) is 4.08. The zero-order chi connectivity index (χ0) is 25.3. The number of aromatic nitrogens is 6. The van der Waals surface area contributed by atoms with Crippen LogP contribution in [0, 0.1) is 0 Å². The van der Waals surface area contributed by atoms with E-state index in [-0.39, 0.29) is 23.1 Å². The predicted octanol–water partition coefficient (Wildman–Crippen LogP) is 3.27. The fourth-order valence-electron chi connectivity index (χ4n) is 4.08. The molecule has 0 fully saturated rings. The van der Waals surface area contributed by atoms with Crippen LogP contribution >= 0.6 is 0 Å². The van der Waals surface area contributed by atoms with Crippen molar-refractivity contribution in [2.24, 2.45) is 7.05 Å². The van der Waals surface area contributed by atoms with Crippen LogP contribution in [0.3, 0.4) is 0 Å². The molecule has 1 atom stereocenters. The van der Waals surface area contributed by atoms with Crippen LogP contribution in [0.15, 0.2) is 47.6 Å². The normalized spacial score (nSPS) is 15.7. The van der Waals surface area contributed by atoms with E-state index in [1.807, 2.05) is 46.1 Å². The quantitative estimate of drug-likeness (QED) is 0.387. The Balaban J connectivity index is 1.36. The average molecular weight is 488 g/mol. The third-order valence-electron chi connectivity index (χ3n) is 5.92. The third kappa shape index (κ3) is 5.10. The lowest BCUT2D eigenvalue weighted by Gasteiger charge is -2.19. The smallest absolute Gasteiger partial charge is 0.273 e. The van der Waals surface area contributed by atoms with Gasteiger partial charge in [-0.25, -0.2) is 15.0 Å². The highest BCUT2D eigenvalue weighted by molar-refractivity contribution is 5.92. The molecule has 11 nitrogen and oxygen atoms in total. The van der Waals surface area contributed by atoms with Crippen molar-refractivity contribution in [1.82, 2.24) is 40.3 Å². The summed E-state index contributed by atoms with van der Waals surface area (Å²) in [6.45, 7) is 7.44. The topological polar surface area (TPSA) is 136 Å². The van der Waals surface area contributed by atoms with Gasteiger partial charge in [-0.05, 0) is 30.2 Å². The van der Waals surface area contributed by atoms with Crippen molar-refractivity contribution in [3.63, 3.8) is 0 Å². The number of nitrogens with zero attached hydrogens (tertiary/aromatic N) is 6. The minimum atomic E-state index is -0.268. The summed E-state index contributed by atoms with van der Waals surface area (Å²) in [4.78, 5) is 30.5. The first kappa shape index (κ1) is 23.6. The van der Waals surface area contributed by atoms with Crippen molar-refractivity contribution in [3.8, 4) is 11.4 Å². The summed E-state index contributed by atoms with van der Waals surface area (Å²) in [6.07, 6.45) is 7.21. The second kappa shape index (κ2) is 9.50. The molecule has 0 spiro atoms. The van der Waals surface area contributed by atoms with Crippen LogP contribution in [0.1, 0.15) is 60.7 Å². The highest BCUT2D eigenvalue weighted by Crippen LogP contribution is 2.29. The van der Waals surface area contributed by atoms with Crippen LogP contribution < -0.4 is 16.0 Å². The van der Waals surface area contributed by atoms with Crippen molar-refractivity contribution in [2.45, 2.75) is 45.2 Å². The Hall–Kier alpha value is -4.12. The van der Waals surface area contributed by atoms with E-state index < -0.39 is 0 Å². The van der Waals surface area contributed by atoms with Crippen molar-refractivity contribution in [3.05, 3.63) is 65.9 Å². The fraction of sp³-hybridized carbons (Fsp3) is 0.360. The van der Waals surface area contributed by atoms with E-state index in [0.29, 0.717) is 24.2 Å². The molecule has 3 N–H and O–H groups in total. The van der Waals surface area contributed by atoms with Crippen LogP contribution in [0.5, 0.6) is 0 Å². The largest absolute Gasteiger partial charge is 0.448 e. The lowest BCUT2D eigenvalue weighted by atomic mass is 9.96. The molecule has 0 radical (unpaired) electrons. The molecule has 4 aromatic rings. The van der Waals surface area contributed by atoms with Gasteiger partial charge in [0.05, 0.1) is 17.9 Å². The number of carbonyl (C=O) groups is 1. The summed E-state index contributed by atoms with van der Waals surface area (Å²) >= 11 is 0. The first-order valence-electron chi connectivity index (χ1n) is 11.8. The van der Waals surface area contributed by atoms with E-state index in [4.69, 9.17) is 4.42 Å². The number of benzene rings is 1. The van der Waals surface area contributed by atoms with Crippen molar-refractivity contribution >= 4 is 17.5 Å². The van der Waals surface area contributed by atoms with Gasteiger partial charge >= 0.3 is 0 Å². The van der Waals surface area contributed by atoms with Crippen LogP contribution in [0.25, 0.3) is 11.4 Å². The molecule has 3 aromatic heterocycles. The van der Waals surface area contributed by atoms with E-state index in [0.717, 1.165) is 35.3 Å². The van der Waals surface area contributed by atoms with Crippen LogP contribution in [-0.2, 0) is 19.0 Å². The molecule has 1 amide bonds. The number of oxazole rings is 1. The number of aryl methyl sites for hydroxylation is 1. The molecule has 0 saturated heterocycles. The second-order valence-corrected chi connectivity index (χ2v) is 9.85. The van der Waals surface area contributed by atoms with Crippen molar-refractivity contribution in [2.75, 3.05) is 11.9 Å². The molecule has 11 heteroatoms. The van der Waals surface area contributed by atoms with E-state index in [1.165, 1.54) is 12.6 Å². The Labute approximate surface area is 208 Å². The molecule has 0 bridgehead atoms. The van der Waals surface area contributed by atoms with E-state index >= 15 is 0 Å². The Morgan fingerprint density at radius 1 is 1.22 bits per heavy atom. The molecular formula is C25H29N9O2. The average Bonchev–Trinajstić information content (AvgIpc) is 3.46. The van der Waals surface area contributed by atoms with Gasteiger partial charge in [0.25, 0.3) is 5.91 Å². The lowest BCUT2D eigenvalue weighted by Crippen LogP contribution is -2.30. The number of fused-ring (bicyclic) bond motifs is 1. The Morgan fingerprint density at radius 3 is 2.83 bits per heavy atom. The predicted molar refractivity (Wildman–Crippen MR) is 133 cm³/mol. The maximum absolute atomic E-state index is 13.0. The van der Waals surface area contributed by atoms with Gasteiger partial charge in [0.15, 0.2) is 17.4 Å². The Morgan fingerprint density at radius 2 is 2.08 bits per heavy atom. The highest BCUT2D eigenvalue weighted by Gasteiger charge is 2.26. The number of rotatable bonds is 5. The molecule has 1 aromatic carbocycles. The maximum atomic E-state index is 13.0. The second-order valence-electron chi connectivity index (χ2n) is 9.85. The molecule has 0 aliphatic carbocycles. The Bertz CT molecular complexity index is 1390. The molecule has 1 aliphatic heterocycles. The van der Waals surface area contributed by atoms with E-state index in [2.05, 4.69) is 47.1 Å². The Kier molecular flexibility index (Phi) is 6.23. The summed E-state index contributed by atoms with van der Waals surface area (Å²) in [5.74, 6) is 1.28. The molecule has 0 saturated carbocycles. The molecule has 5 rings (SSSR count). The first-order chi connectivity index (χ1) is 17.3. The number of hydrogen-bond acceptors (Lipinski definition) is 9. The molecular weight excluding hydrogens is 458 g/mol. The summed E-state index contributed by atoms with van der Waals surface area (Å²) in [7, 11) is 1.85. The molecule has 36 heavy (non-hydrogen) atoms. The van der Waals surface area contributed by atoms with Gasteiger partial charge in [-0.15, -0.1) is 0 Å². The third-order valence-corrected chi connectivity index (χ3v) is 5.92. The number of hydrogen-bond donors (Lipinski definition) is 3. The van der Waals surface area contributed by atoms with Crippen LogP contribution in [-0.4, -0.2) is 42.2 Å². The highest BCUT2D eigenvalue weighted by atomic mass is 16.3. The summed E-state index contributed by atoms with van der Waals surface area (Å²) in [5.41, 5.74) is 3.81. The number of amides is 1. The minimum Gasteiger partial charge on any atom is -0.448 e. The number of anilines is 2. The summed E-state index contributed by atoms with van der Waals surface area (Å²) < 4.78 is 7.23. The lowest BCUT2D eigenvalue weighted by molar-refractivity contribution is 0.0930. The summed E-state index contributed by atoms with van der Waals surface area (Å²) in [6, 6.07) is 5.90. The monoisotopic (exact) mass is 487 g/mol. The molecule has 4 heterocycles. The molecule has 0 unspecified atom stereocenters. The van der Waals surface area contributed by atoms with Gasteiger partial charge in [-0.2, -0.15) is 10.1 Å². The van der Waals surface area contributed by atoms with Crippen LogP contribution in [0.2, 0.25) is 0 Å². The van der Waals surface area contributed by atoms with Gasteiger partial charge in [0, 0.05) is 30.8 Å². The molecule has 1 aliphatic rings. The van der Waals surface area contributed by atoms with Crippen LogP contribution in [0.4, 0.5) is 11.6 Å². The minimum absolute atomic E-state index is 0.160. The van der Waals surface area contributed by atoms with Crippen molar-refractivity contribution < 1.29 is 9.21 Å². The zero-order valence-corrected chi connectivity index (χ0v) is 20.7. The standard InChI is InChI=1S/C25H29N9O2/c1-25(2,3)23-32-20(13-36-23)22(35)31-19-7-8-26-10-16-9-15(5-6-18(16)19)21-27-14-28-24(33-21)30-17-11-29-34(4)12-17/h5-6,9,11-14,19,26H,7-8,10H2,1-4H3,(H,31,35)(H,27,28,30,33)/t19-/m1/s1. The van der Waals surface area contributed by atoms with Gasteiger partial charge in [0.1, 0.15) is 12.6 Å². The number of carbonyl (C=O) groups excluding carboxylic acids is 1. The van der Waals surface area contributed by atoms with Crippen molar-refractivity contribution in [1.29, 1.82) is 0 Å². The number of nitrogens with one attached hydrogen (secondary N) is 3. The van der Waals surface area contributed by atoms with Gasteiger partial charge in [-0.1, -0.05) is 32.9 Å². The zero-order valence-electron chi connectivity index (χ0n) is 20.7. The van der Waals surface area contributed by atoms with Gasteiger partial charge in [-0.3, -0.25) is 9.48 Å². The maximum Gasteiger partial charge on any atom is 0.273 e. The first-order valence-corrected chi connectivity index (χ1v) is 11.8. The van der Waals surface area contributed by atoms with Gasteiger partial charge < -0.3 is 20.4 Å². The van der Waals surface area contributed by atoms with Gasteiger partial charge in [0.2, 0.25) is 5.95 Å². The molecule has 186 valence electrons.